The highest BCUT2D eigenvalue weighted by Crippen LogP contribution is 2.31. The number of carbonyl (C=O) groups excluding carboxylic acids is 1. The summed E-state index contributed by atoms with van der Waals surface area (Å²) in [5.41, 5.74) is -1.06. The SMILES string of the molecule is O=C(NCCC1CC1)Nc1cc(C(=O)O)c(F)cc1F. The van der Waals surface area contributed by atoms with Crippen LogP contribution in [0.5, 0.6) is 0 Å². The quantitative estimate of drug-likeness (QED) is 0.777. The third-order valence-corrected chi connectivity index (χ3v) is 3.07. The van der Waals surface area contributed by atoms with Crippen LogP contribution < -0.4 is 10.6 Å². The van der Waals surface area contributed by atoms with E-state index in [1.54, 1.807) is 0 Å². The number of hydrogen-bond acceptors (Lipinski definition) is 2. The summed E-state index contributed by atoms with van der Waals surface area (Å²) in [6.45, 7) is 0.463. The van der Waals surface area contributed by atoms with Crippen molar-refractivity contribution in [2.75, 3.05) is 11.9 Å². The lowest BCUT2D eigenvalue weighted by molar-refractivity contribution is 0.0692. The first kappa shape index (κ1) is 14.2. The van der Waals surface area contributed by atoms with Gasteiger partial charge in [0.25, 0.3) is 0 Å². The number of anilines is 1. The molecule has 1 saturated carbocycles. The van der Waals surface area contributed by atoms with Gasteiger partial charge in [0.2, 0.25) is 0 Å². The Morgan fingerprint density at radius 1 is 1.25 bits per heavy atom. The van der Waals surface area contributed by atoms with E-state index in [0.29, 0.717) is 18.5 Å². The molecule has 1 aliphatic rings. The number of carbonyl (C=O) groups is 2. The summed E-state index contributed by atoms with van der Waals surface area (Å²) < 4.78 is 26.6. The Bertz CT molecular complexity index is 545. The van der Waals surface area contributed by atoms with Gasteiger partial charge in [-0.15, -0.1) is 0 Å². The average Bonchev–Trinajstić information content (AvgIpc) is 3.16. The van der Waals surface area contributed by atoms with Gasteiger partial charge in [-0.3, -0.25) is 0 Å². The van der Waals surface area contributed by atoms with Crippen LogP contribution >= 0.6 is 0 Å². The molecule has 0 saturated heterocycles. The second-order valence-electron chi connectivity index (χ2n) is 4.73. The molecular formula is C13H14F2N2O3. The number of aromatic carboxylic acids is 1. The van der Waals surface area contributed by atoms with Crippen molar-refractivity contribution >= 4 is 17.7 Å². The monoisotopic (exact) mass is 284 g/mol. The molecule has 7 heteroatoms. The van der Waals surface area contributed by atoms with Crippen LogP contribution in [0.3, 0.4) is 0 Å². The molecule has 1 aliphatic carbocycles. The fourth-order valence-corrected chi connectivity index (χ4v) is 1.77. The maximum absolute atomic E-state index is 13.4. The van der Waals surface area contributed by atoms with Crippen molar-refractivity contribution in [2.45, 2.75) is 19.3 Å². The van der Waals surface area contributed by atoms with Crippen molar-refractivity contribution in [3.8, 4) is 0 Å². The van der Waals surface area contributed by atoms with E-state index in [0.717, 1.165) is 25.3 Å². The minimum absolute atomic E-state index is 0.368. The number of hydrogen-bond donors (Lipinski definition) is 3. The molecule has 0 aromatic heterocycles. The van der Waals surface area contributed by atoms with Gasteiger partial charge >= 0.3 is 12.0 Å². The van der Waals surface area contributed by atoms with Gasteiger partial charge in [0, 0.05) is 12.6 Å². The summed E-state index contributed by atoms with van der Waals surface area (Å²) in [6, 6.07) is 0.545. The Morgan fingerprint density at radius 2 is 1.95 bits per heavy atom. The number of carboxylic acids is 1. The van der Waals surface area contributed by atoms with E-state index in [2.05, 4.69) is 10.6 Å². The van der Waals surface area contributed by atoms with E-state index in [4.69, 9.17) is 5.11 Å². The number of carboxylic acid groups (broad SMARTS) is 1. The maximum atomic E-state index is 13.4. The predicted octanol–water partition coefficient (Wildman–Crippen LogP) is 2.58. The number of rotatable bonds is 5. The zero-order chi connectivity index (χ0) is 14.7. The van der Waals surface area contributed by atoms with Gasteiger partial charge in [-0.25, -0.2) is 18.4 Å². The minimum atomic E-state index is -1.53. The van der Waals surface area contributed by atoms with Crippen molar-refractivity contribution in [1.29, 1.82) is 0 Å². The highest BCUT2D eigenvalue weighted by atomic mass is 19.1. The van der Waals surface area contributed by atoms with Crippen LogP contribution in [0.15, 0.2) is 12.1 Å². The molecule has 1 fully saturated rings. The largest absolute Gasteiger partial charge is 0.478 e. The van der Waals surface area contributed by atoms with E-state index < -0.39 is 29.2 Å². The van der Waals surface area contributed by atoms with Gasteiger partial charge in [-0.2, -0.15) is 0 Å². The van der Waals surface area contributed by atoms with E-state index in [9.17, 15) is 18.4 Å². The summed E-state index contributed by atoms with van der Waals surface area (Å²) in [7, 11) is 0. The van der Waals surface area contributed by atoms with Crippen molar-refractivity contribution < 1.29 is 23.5 Å². The van der Waals surface area contributed by atoms with Crippen molar-refractivity contribution in [3.05, 3.63) is 29.3 Å². The first-order valence-corrected chi connectivity index (χ1v) is 6.24. The summed E-state index contributed by atoms with van der Waals surface area (Å²) in [5, 5.41) is 13.4. The van der Waals surface area contributed by atoms with Crippen LogP contribution in [0.1, 0.15) is 29.6 Å². The smallest absolute Gasteiger partial charge is 0.338 e. The first-order valence-electron chi connectivity index (χ1n) is 6.24. The zero-order valence-electron chi connectivity index (χ0n) is 10.6. The third-order valence-electron chi connectivity index (χ3n) is 3.07. The molecule has 0 aliphatic heterocycles. The van der Waals surface area contributed by atoms with Gasteiger partial charge < -0.3 is 15.7 Å². The fourth-order valence-electron chi connectivity index (χ4n) is 1.77. The predicted molar refractivity (Wildman–Crippen MR) is 67.7 cm³/mol. The molecule has 5 nitrogen and oxygen atoms in total. The second kappa shape index (κ2) is 5.85. The number of nitrogens with one attached hydrogen (secondary N) is 2. The van der Waals surface area contributed by atoms with Crippen molar-refractivity contribution in [2.24, 2.45) is 5.92 Å². The molecule has 0 bridgehead atoms. The van der Waals surface area contributed by atoms with Gasteiger partial charge in [0.1, 0.15) is 11.6 Å². The highest BCUT2D eigenvalue weighted by Gasteiger charge is 2.21. The number of halogens is 2. The molecule has 0 radical (unpaired) electrons. The number of urea groups is 1. The molecule has 2 amide bonds. The maximum Gasteiger partial charge on any atom is 0.338 e. The zero-order valence-corrected chi connectivity index (χ0v) is 10.6. The normalized spacial score (nSPS) is 13.9. The molecule has 20 heavy (non-hydrogen) atoms. The Labute approximate surface area is 114 Å². The van der Waals surface area contributed by atoms with Crippen LogP contribution in [-0.2, 0) is 0 Å². The minimum Gasteiger partial charge on any atom is -0.478 e. The van der Waals surface area contributed by atoms with Crippen LogP contribution in [0.2, 0.25) is 0 Å². The molecule has 3 N–H and O–H groups in total. The lowest BCUT2D eigenvalue weighted by Gasteiger charge is -2.09. The molecule has 108 valence electrons. The molecule has 0 atom stereocenters. The van der Waals surface area contributed by atoms with Crippen molar-refractivity contribution in [1.82, 2.24) is 5.32 Å². The van der Waals surface area contributed by atoms with Gasteiger partial charge in [0.15, 0.2) is 0 Å². The van der Waals surface area contributed by atoms with Gasteiger partial charge in [-0.1, -0.05) is 12.8 Å². The Morgan fingerprint density at radius 3 is 2.55 bits per heavy atom. The topological polar surface area (TPSA) is 78.4 Å². The molecule has 1 aromatic carbocycles. The average molecular weight is 284 g/mol. The standard InChI is InChI=1S/C13H14F2N2O3/c14-9-6-10(15)11(5-8(9)12(18)19)17-13(20)16-4-3-7-1-2-7/h5-7H,1-4H2,(H,18,19)(H2,16,17,20). The van der Waals surface area contributed by atoms with Crippen LogP contribution in [0.25, 0.3) is 0 Å². The summed E-state index contributed by atoms with van der Waals surface area (Å²) in [4.78, 5) is 22.2. The second-order valence-corrected chi connectivity index (χ2v) is 4.73. The van der Waals surface area contributed by atoms with E-state index >= 15 is 0 Å². The molecule has 2 rings (SSSR count). The van der Waals surface area contributed by atoms with E-state index in [1.165, 1.54) is 0 Å². The molecule has 0 unspecified atom stereocenters. The van der Waals surface area contributed by atoms with Gasteiger partial charge in [0.05, 0.1) is 11.3 Å². The van der Waals surface area contributed by atoms with Crippen molar-refractivity contribution in [3.63, 3.8) is 0 Å². The summed E-state index contributed by atoms with van der Waals surface area (Å²) >= 11 is 0. The van der Waals surface area contributed by atoms with E-state index in [-0.39, 0.29) is 5.69 Å². The Hall–Kier alpha value is -2.18. The molecule has 0 spiro atoms. The lowest BCUT2D eigenvalue weighted by atomic mass is 10.2. The fraction of sp³-hybridized carbons (Fsp3) is 0.385. The molecular weight excluding hydrogens is 270 g/mol. The molecule has 0 heterocycles. The summed E-state index contributed by atoms with van der Waals surface area (Å²) in [6.07, 6.45) is 3.19. The first-order chi connectivity index (χ1) is 9.47. The number of amides is 2. The number of benzene rings is 1. The van der Waals surface area contributed by atoms with E-state index in [1.807, 2.05) is 0 Å². The van der Waals surface area contributed by atoms with Crippen LogP contribution in [0, 0.1) is 17.6 Å². The van der Waals surface area contributed by atoms with Crippen LogP contribution in [0.4, 0.5) is 19.3 Å². The summed E-state index contributed by atoms with van der Waals surface area (Å²) in [5.74, 6) is -3.09. The van der Waals surface area contributed by atoms with Crippen LogP contribution in [-0.4, -0.2) is 23.7 Å². The molecule has 1 aromatic rings. The Balaban J connectivity index is 1.98. The van der Waals surface area contributed by atoms with Gasteiger partial charge in [-0.05, 0) is 18.4 Å². The Kier molecular flexibility index (Phi) is 4.16. The highest BCUT2D eigenvalue weighted by molar-refractivity contribution is 5.93. The lowest BCUT2D eigenvalue weighted by Crippen LogP contribution is -2.30. The third kappa shape index (κ3) is 3.66.